The molecule has 2 aromatic rings. The van der Waals surface area contributed by atoms with Crippen LogP contribution < -0.4 is 10.6 Å². The number of carbonyl (C=O) groups is 2. The lowest BCUT2D eigenvalue weighted by Gasteiger charge is -2.31. The maximum atomic E-state index is 11.5. The van der Waals surface area contributed by atoms with Crippen LogP contribution in [0.2, 0.25) is 10.0 Å². The predicted molar refractivity (Wildman–Crippen MR) is 155 cm³/mol. The summed E-state index contributed by atoms with van der Waals surface area (Å²) in [6.07, 6.45) is 6.28. The number of nitrogens with zero attached hydrogens (tertiary/aromatic N) is 1. The van der Waals surface area contributed by atoms with Gasteiger partial charge in [0, 0.05) is 45.8 Å². The van der Waals surface area contributed by atoms with Gasteiger partial charge in [0.1, 0.15) is 0 Å². The Morgan fingerprint density at radius 2 is 1.23 bits per heavy atom. The highest BCUT2D eigenvalue weighted by molar-refractivity contribution is 8.13. The number of rotatable bonds is 5. The Balaban J connectivity index is 0.000000238. The van der Waals surface area contributed by atoms with Gasteiger partial charge in [-0.25, -0.2) is 16.8 Å². The molecule has 216 valence electrons. The number of hydrogen-bond donors (Lipinski definition) is 2. The van der Waals surface area contributed by atoms with Crippen LogP contribution in [-0.2, 0) is 41.5 Å². The van der Waals surface area contributed by atoms with E-state index < -0.39 is 19.1 Å². The van der Waals surface area contributed by atoms with Gasteiger partial charge in [-0.1, -0.05) is 47.5 Å². The van der Waals surface area contributed by atoms with E-state index in [0.29, 0.717) is 30.5 Å². The molecule has 2 saturated heterocycles. The number of sulfonamides is 1. The lowest BCUT2D eigenvalue weighted by atomic mass is 9.97. The molecule has 39 heavy (non-hydrogen) atoms. The minimum absolute atomic E-state index is 0.101. The van der Waals surface area contributed by atoms with E-state index in [1.807, 2.05) is 36.4 Å². The van der Waals surface area contributed by atoms with Gasteiger partial charge in [0.25, 0.3) is 0 Å². The highest BCUT2D eigenvalue weighted by Gasteiger charge is 2.30. The van der Waals surface area contributed by atoms with E-state index in [4.69, 9.17) is 23.2 Å². The highest BCUT2D eigenvalue weighted by Crippen LogP contribution is 2.16. The first-order valence-electron chi connectivity index (χ1n) is 12.0. The Morgan fingerprint density at radius 1 is 0.795 bits per heavy atom. The van der Waals surface area contributed by atoms with Crippen LogP contribution in [0.1, 0.15) is 30.4 Å². The number of carbonyl (C=O) groups excluding carboxylic acids is 2. The second-order valence-corrected chi connectivity index (χ2v) is 15.2. The van der Waals surface area contributed by atoms with Crippen LogP contribution in [0.25, 0.3) is 0 Å². The molecule has 0 bridgehead atoms. The van der Waals surface area contributed by atoms with Crippen molar-refractivity contribution in [3.05, 3.63) is 69.7 Å². The van der Waals surface area contributed by atoms with Crippen molar-refractivity contribution in [2.24, 2.45) is 0 Å². The molecule has 9 nitrogen and oxygen atoms in total. The molecule has 14 heteroatoms. The summed E-state index contributed by atoms with van der Waals surface area (Å²) < 4.78 is 43.0. The Labute approximate surface area is 244 Å². The van der Waals surface area contributed by atoms with E-state index in [-0.39, 0.29) is 24.4 Å². The molecule has 0 saturated carbocycles. The maximum Gasteiger partial charge on any atom is 0.235 e. The van der Waals surface area contributed by atoms with Crippen molar-refractivity contribution < 1.29 is 26.4 Å². The fourth-order valence-electron chi connectivity index (χ4n) is 4.00. The molecule has 2 fully saturated rings. The molecule has 0 spiro atoms. The first-order chi connectivity index (χ1) is 18.1. The molecule has 0 aliphatic carbocycles. The number of piperazine rings is 1. The van der Waals surface area contributed by atoms with Crippen LogP contribution in [0, 0.1) is 0 Å². The van der Waals surface area contributed by atoms with Crippen molar-refractivity contribution in [3.8, 4) is 0 Å². The molecule has 2 N–H and O–H groups in total. The smallest absolute Gasteiger partial charge is 0.235 e. The molecule has 2 amide bonds. The van der Waals surface area contributed by atoms with Gasteiger partial charge in [-0.2, -0.15) is 4.31 Å². The van der Waals surface area contributed by atoms with E-state index in [9.17, 15) is 26.4 Å². The fraction of sp³-hybridized carbons (Fsp3) is 0.440. The zero-order valence-electron chi connectivity index (χ0n) is 21.6. The van der Waals surface area contributed by atoms with E-state index in [1.165, 1.54) is 9.87 Å². The average molecular weight is 641 g/mol. The zero-order chi connectivity index (χ0) is 29.2. The number of halogens is 3. The number of benzene rings is 2. The second kappa shape index (κ2) is 15.2. The van der Waals surface area contributed by atoms with Crippen molar-refractivity contribution in [2.45, 2.75) is 44.2 Å². The van der Waals surface area contributed by atoms with Gasteiger partial charge in [0.05, 0.1) is 19.1 Å². The van der Waals surface area contributed by atoms with Gasteiger partial charge in [-0.05, 0) is 61.1 Å². The minimum atomic E-state index is -3.34. The average Bonchev–Trinajstić information content (AvgIpc) is 2.81. The Bertz CT molecular complexity index is 1310. The highest BCUT2D eigenvalue weighted by atomic mass is 35.7. The largest absolute Gasteiger partial charge is 0.353 e. The maximum absolute atomic E-state index is 11.5. The Morgan fingerprint density at radius 3 is 1.67 bits per heavy atom. The van der Waals surface area contributed by atoms with Crippen molar-refractivity contribution in [1.29, 1.82) is 0 Å². The van der Waals surface area contributed by atoms with Crippen LogP contribution in [0.3, 0.4) is 0 Å². The molecule has 2 aliphatic rings. The first kappa shape index (κ1) is 33.3. The van der Waals surface area contributed by atoms with E-state index in [2.05, 4.69) is 21.3 Å². The summed E-state index contributed by atoms with van der Waals surface area (Å²) in [7, 11) is -2.03. The van der Waals surface area contributed by atoms with Crippen molar-refractivity contribution in [2.75, 3.05) is 25.6 Å². The first-order valence-corrected chi connectivity index (χ1v) is 17.3. The SMILES string of the molecule is CS(=O)(=O)Cl.CS(=O)(=O)N1CC(=O)N[C@@H](Cc2ccc(Cl)cc2)C1.O=C1CCC[C@H](Cc2ccc(Cl)cc2)N1. The number of piperidine rings is 1. The number of nitrogens with one attached hydrogen (secondary N) is 2. The molecule has 2 heterocycles. The molecule has 4 rings (SSSR count). The summed E-state index contributed by atoms with van der Waals surface area (Å²) in [5.41, 5.74) is 2.23. The van der Waals surface area contributed by atoms with Crippen LogP contribution in [0.15, 0.2) is 48.5 Å². The monoisotopic (exact) mass is 639 g/mol. The minimum Gasteiger partial charge on any atom is -0.353 e. The summed E-state index contributed by atoms with van der Waals surface area (Å²) in [6, 6.07) is 15.2. The molecular formula is C25H32Cl3N3O6S2. The summed E-state index contributed by atoms with van der Waals surface area (Å²) in [5, 5.41) is 7.21. The molecule has 2 atom stereocenters. The molecule has 2 aromatic carbocycles. The number of amides is 2. The standard InChI is InChI=1S/C12H15ClN2O3S.C12H14ClNO.CH3ClO2S/c1-19(17,18)15-7-11(14-12(16)8-15)6-9-2-4-10(13)5-3-9;13-10-6-4-9(5-7-10)8-11-2-1-3-12(15)14-11;1-5(2,3)4/h2-5,11H,6-8H2,1H3,(H,14,16);4-7,11H,1-3,8H2,(H,14,15);1H3/t2*11-;/m01./s1. The van der Waals surface area contributed by atoms with E-state index in [1.54, 1.807) is 12.1 Å². The van der Waals surface area contributed by atoms with Gasteiger partial charge in [0.2, 0.25) is 30.9 Å². The summed E-state index contributed by atoms with van der Waals surface area (Å²) >= 11 is 11.6. The summed E-state index contributed by atoms with van der Waals surface area (Å²) in [6.45, 7) is 0.198. The summed E-state index contributed by atoms with van der Waals surface area (Å²) in [4.78, 5) is 22.7. The molecule has 0 radical (unpaired) electrons. The topological polar surface area (TPSA) is 130 Å². The predicted octanol–water partition coefficient (Wildman–Crippen LogP) is 3.38. The molecule has 0 aromatic heterocycles. The van der Waals surface area contributed by atoms with Crippen LogP contribution in [-0.4, -0.2) is 70.6 Å². The molecular weight excluding hydrogens is 609 g/mol. The number of hydrogen-bond acceptors (Lipinski definition) is 6. The summed E-state index contributed by atoms with van der Waals surface area (Å²) in [5.74, 6) is -0.0872. The van der Waals surface area contributed by atoms with Gasteiger partial charge < -0.3 is 10.6 Å². The van der Waals surface area contributed by atoms with Gasteiger partial charge in [0.15, 0.2) is 0 Å². The van der Waals surface area contributed by atoms with Gasteiger partial charge >= 0.3 is 0 Å². The normalized spacial score (nSPS) is 19.9. The van der Waals surface area contributed by atoms with Crippen LogP contribution in [0.4, 0.5) is 0 Å². The Kier molecular flexibility index (Phi) is 13.0. The van der Waals surface area contributed by atoms with Crippen molar-refractivity contribution >= 4 is 64.8 Å². The lowest BCUT2D eigenvalue weighted by molar-refractivity contribution is -0.124. The Hall–Kier alpha value is -1.89. The fourth-order valence-corrected chi connectivity index (χ4v) is 5.06. The van der Waals surface area contributed by atoms with Gasteiger partial charge in [-0.15, -0.1) is 0 Å². The zero-order valence-corrected chi connectivity index (χ0v) is 25.5. The quantitative estimate of drug-likeness (QED) is 0.482. The van der Waals surface area contributed by atoms with E-state index >= 15 is 0 Å². The second-order valence-electron chi connectivity index (χ2n) is 9.32. The lowest BCUT2D eigenvalue weighted by Crippen LogP contribution is -2.56. The molecule has 0 unspecified atom stereocenters. The third-order valence-corrected chi connectivity index (χ3v) is 7.41. The van der Waals surface area contributed by atoms with Crippen LogP contribution >= 0.6 is 33.9 Å². The van der Waals surface area contributed by atoms with Crippen molar-refractivity contribution in [1.82, 2.24) is 14.9 Å². The molecule has 2 aliphatic heterocycles. The van der Waals surface area contributed by atoms with Crippen molar-refractivity contribution in [3.63, 3.8) is 0 Å². The van der Waals surface area contributed by atoms with Crippen LogP contribution in [0.5, 0.6) is 0 Å². The third kappa shape index (κ3) is 14.3. The van der Waals surface area contributed by atoms with E-state index in [0.717, 1.165) is 42.4 Å². The van der Waals surface area contributed by atoms with Gasteiger partial charge in [-0.3, -0.25) is 9.59 Å². The third-order valence-electron chi connectivity index (χ3n) is 5.69.